The zero-order valence-corrected chi connectivity index (χ0v) is 13.9. The number of rotatable bonds is 5. The van der Waals surface area contributed by atoms with Gasteiger partial charge in [-0.3, -0.25) is 19.3 Å². The van der Waals surface area contributed by atoms with Crippen molar-refractivity contribution in [3.05, 3.63) is 51.2 Å². The van der Waals surface area contributed by atoms with Crippen molar-refractivity contribution in [2.45, 2.75) is 12.0 Å². The Hall–Kier alpha value is -2.22. The fourth-order valence-corrected chi connectivity index (χ4v) is 3.75. The molecular formula is C16H13ClN2O4S. The van der Waals surface area contributed by atoms with Gasteiger partial charge in [0.25, 0.3) is 5.91 Å². The number of fused-ring (bicyclic) bond motifs is 1. The predicted octanol–water partition coefficient (Wildman–Crippen LogP) is 1.69. The largest absolute Gasteiger partial charge is 0.375 e. The first-order valence-corrected chi connectivity index (χ1v) is 8.23. The molecular weight excluding hydrogens is 352 g/mol. The number of carbonyl (C=O) groups excluding carboxylic acids is 3. The smallest absolute Gasteiger partial charge is 0.264 e. The molecule has 2 aromatic rings. The van der Waals surface area contributed by atoms with Crippen molar-refractivity contribution in [3.8, 4) is 0 Å². The van der Waals surface area contributed by atoms with E-state index in [1.54, 1.807) is 36.4 Å². The van der Waals surface area contributed by atoms with E-state index in [0.717, 1.165) is 16.2 Å². The summed E-state index contributed by atoms with van der Waals surface area (Å²) in [5.41, 5.74) is 3.81. The molecule has 3 rings (SSSR count). The lowest BCUT2D eigenvalue weighted by Gasteiger charge is -2.21. The summed E-state index contributed by atoms with van der Waals surface area (Å²) in [7, 11) is 0. The van der Waals surface area contributed by atoms with Crippen LogP contribution < -0.4 is 10.6 Å². The molecule has 0 spiro atoms. The lowest BCUT2D eigenvalue weighted by atomic mass is 9.89. The molecule has 0 saturated heterocycles. The molecule has 24 heavy (non-hydrogen) atoms. The van der Waals surface area contributed by atoms with Gasteiger partial charge in [0.05, 0.1) is 21.3 Å². The monoisotopic (exact) mass is 364 g/mol. The molecule has 8 heteroatoms. The highest BCUT2D eigenvalue weighted by Gasteiger charge is 2.51. The van der Waals surface area contributed by atoms with Crippen molar-refractivity contribution in [3.63, 3.8) is 0 Å². The van der Waals surface area contributed by atoms with E-state index in [0.29, 0.717) is 14.9 Å². The van der Waals surface area contributed by atoms with Gasteiger partial charge >= 0.3 is 0 Å². The number of para-hydroxylation sites is 1. The minimum atomic E-state index is -2.03. The maximum atomic E-state index is 12.7. The van der Waals surface area contributed by atoms with Crippen LogP contribution in [0.1, 0.15) is 21.7 Å². The number of aliphatic hydroxyl groups is 1. The normalized spacial score (nSPS) is 19.4. The van der Waals surface area contributed by atoms with E-state index < -0.39 is 29.6 Å². The number of primary amides is 1. The molecule has 0 radical (unpaired) electrons. The molecule has 6 nitrogen and oxygen atoms in total. The fraction of sp³-hybridized carbons (Fsp3) is 0.188. The summed E-state index contributed by atoms with van der Waals surface area (Å²) in [5, 5.41) is 10.9. The summed E-state index contributed by atoms with van der Waals surface area (Å²) in [6, 6.07) is 9.60. The number of halogens is 1. The van der Waals surface area contributed by atoms with Gasteiger partial charge in [-0.15, -0.1) is 11.3 Å². The van der Waals surface area contributed by atoms with Crippen LogP contribution in [0.25, 0.3) is 0 Å². The second-order valence-electron chi connectivity index (χ2n) is 5.44. The van der Waals surface area contributed by atoms with Crippen LogP contribution in [0.2, 0.25) is 4.34 Å². The molecule has 0 bridgehead atoms. The molecule has 1 aromatic heterocycles. The number of nitrogens with two attached hydrogens (primary N) is 1. The molecule has 0 aliphatic carbocycles. The summed E-state index contributed by atoms with van der Waals surface area (Å²) in [5.74, 6) is -1.85. The Morgan fingerprint density at radius 1 is 1.25 bits per heavy atom. The molecule has 0 saturated carbocycles. The van der Waals surface area contributed by atoms with Crippen LogP contribution in [0.15, 0.2) is 36.4 Å². The van der Waals surface area contributed by atoms with Gasteiger partial charge in [-0.1, -0.05) is 29.8 Å². The first kappa shape index (κ1) is 16.6. The number of ketones is 1. The third kappa shape index (κ3) is 2.71. The molecule has 124 valence electrons. The zero-order valence-electron chi connectivity index (χ0n) is 12.4. The second-order valence-corrected chi connectivity index (χ2v) is 7.15. The van der Waals surface area contributed by atoms with Crippen molar-refractivity contribution in [2.24, 2.45) is 5.73 Å². The molecule has 1 atom stereocenters. The number of thiophene rings is 1. The molecule has 1 aliphatic rings. The van der Waals surface area contributed by atoms with Crippen LogP contribution in [0.3, 0.4) is 0 Å². The van der Waals surface area contributed by atoms with Crippen LogP contribution in [-0.4, -0.2) is 29.2 Å². The van der Waals surface area contributed by atoms with Crippen molar-refractivity contribution < 1.29 is 19.5 Å². The highest BCUT2D eigenvalue weighted by atomic mass is 35.5. The molecule has 3 N–H and O–H groups in total. The molecule has 1 aliphatic heterocycles. The van der Waals surface area contributed by atoms with Gasteiger partial charge in [0.2, 0.25) is 5.91 Å². The van der Waals surface area contributed by atoms with Crippen molar-refractivity contribution in [1.82, 2.24) is 0 Å². The maximum absolute atomic E-state index is 12.7. The van der Waals surface area contributed by atoms with Crippen LogP contribution in [0, 0.1) is 0 Å². The quantitative estimate of drug-likeness (QED) is 0.788. The highest BCUT2D eigenvalue weighted by molar-refractivity contribution is 7.18. The molecule has 0 unspecified atom stereocenters. The van der Waals surface area contributed by atoms with Crippen LogP contribution in [-0.2, 0) is 15.2 Å². The number of amides is 2. The number of benzene rings is 1. The van der Waals surface area contributed by atoms with Crippen molar-refractivity contribution >= 4 is 46.2 Å². The van der Waals surface area contributed by atoms with Gasteiger partial charge in [0, 0.05) is 5.56 Å². The minimum Gasteiger partial charge on any atom is -0.375 e. The molecule has 0 fully saturated rings. The average molecular weight is 365 g/mol. The van der Waals surface area contributed by atoms with E-state index in [1.807, 2.05) is 0 Å². The Kier molecular flexibility index (Phi) is 4.16. The van der Waals surface area contributed by atoms with Gasteiger partial charge < -0.3 is 10.8 Å². The van der Waals surface area contributed by atoms with E-state index in [4.69, 9.17) is 17.3 Å². The van der Waals surface area contributed by atoms with E-state index in [9.17, 15) is 19.5 Å². The van der Waals surface area contributed by atoms with Gasteiger partial charge in [-0.2, -0.15) is 0 Å². The number of hydrogen-bond acceptors (Lipinski definition) is 5. The van der Waals surface area contributed by atoms with Crippen molar-refractivity contribution in [2.75, 3.05) is 11.4 Å². The van der Waals surface area contributed by atoms with Gasteiger partial charge in [-0.05, 0) is 18.2 Å². The predicted molar refractivity (Wildman–Crippen MR) is 90.2 cm³/mol. The summed E-state index contributed by atoms with van der Waals surface area (Å²) in [6.45, 7) is -0.364. The van der Waals surface area contributed by atoms with Crippen LogP contribution in [0.4, 0.5) is 5.69 Å². The number of Topliss-reactive ketones (excluding diaryl/α,β-unsaturated/α-hetero) is 1. The second kappa shape index (κ2) is 6.01. The Morgan fingerprint density at radius 2 is 1.96 bits per heavy atom. The van der Waals surface area contributed by atoms with Gasteiger partial charge in [0.1, 0.15) is 6.54 Å². The summed E-state index contributed by atoms with van der Waals surface area (Å²) in [4.78, 5) is 37.8. The van der Waals surface area contributed by atoms with Gasteiger partial charge in [0.15, 0.2) is 11.4 Å². The Labute approximate surface area is 146 Å². The number of anilines is 1. The standard InChI is InChI=1S/C16H13ClN2O4S/c17-13-6-5-12(24-13)11(20)7-16(23)9-3-1-2-4-10(9)19(15(16)22)8-14(18)21/h1-6,23H,7-8H2,(H2,18,21)/t16-/m0/s1. The average Bonchev–Trinajstić information content (AvgIpc) is 3.05. The first-order chi connectivity index (χ1) is 11.3. The van der Waals surface area contributed by atoms with E-state index in [1.165, 1.54) is 0 Å². The van der Waals surface area contributed by atoms with Crippen molar-refractivity contribution in [1.29, 1.82) is 0 Å². The topological polar surface area (TPSA) is 101 Å². The lowest BCUT2D eigenvalue weighted by molar-refractivity contribution is -0.136. The Balaban J connectivity index is 1.98. The number of hydrogen-bond donors (Lipinski definition) is 2. The third-order valence-corrected chi connectivity index (χ3v) is 5.09. The summed E-state index contributed by atoms with van der Waals surface area (Å²) < 4.78 is 0.443. The number of nitrogens with zero attached hydrogens (tertiary/aromatic N) is 1. The van der Waals surface area contributed by atoms with E-state index in [-0.39, 0.29) is 12.1 Å². The summed E-state index contributed by atoms with van der Waals surface area (Å²) in [6.07, 6.45) is -0.436. The minimum absolute atomic E-state index is 0.284. The molecule has 2 heterocycles. The lowest BCUT2D eigenvalue weighted by Crippen LogP contribution is -2.44. The highest BCUT2D eigenvalue weighted by Crippen LogP contribution is 2.43. The third-order valence-electron chi connectivity index (χ3n) is 3.82. The van der Waals surface area contributed by atoms with E-state index >= 15 is 0 Å². The summed E-state index contributed by atoms with van der Waals surface area (Å²) >= 11 is 6.90. The first-order valence-electron chi connectivity index (χ1n) is 7.03. The van der Waals surface area contributed by atoms with E-state index in [2.05, 4.69) is 0 Å². The fourth-order valence-electron chi connectivity index (χ4n) is 2.77. The van der Waals surface area contributed by atoms with Crippen LogP contribution in [0.5, 0.6) is 0 Å². The molecule has 1 aromatic carbocycles. The zero-order chi connectivity index (χ0) is 17.5. The Bertz CT molecular complexity index is 850. The SMILES string of the molecule is NC(=O)CN1C(=O)[C@](O)(CC(=O)c2ccc(Cl)s2)c2ccccc21. The van der Waals surface area contributed by atoms with Crippen LogP contribution >= 0.6 is 22.9 Å². The molecule has 2 amide bonds. The Morgan fingerprint density at radius 3 is 2.58 bits per heavy atom. The number of carbonyl (C=O) groups is 3. The maximum Gasteiger partial charge on any atom is 0.264 e. The van der Waals surface area contributed by atoms with Gasteiger partial charge in [-0.25, -0.2) is 0 Å².